The molecule has 1 N–H and O–H groups in total. The van der Waals surface area contributed by atoms with E-state index in [9.17, 15) is 0 Å². The van der Waals surface area contributed by atoms with Crippen molar-refractivity contribution in [3.8, 4) is 5.75 Å². The average molecular weight is 257 g/mol. The number of halogens is 1. The van der Waals surface area contributed by atoms with Crippen LogP contribution in [-0.2, 0) is 0 Å². The van der Waals surface area contributed by atoms with Gasteiger partial charge in [-0.25, -0.2) is 0 Å². The van der Waals surface area contributed by atoms with Crippen molar-refractivity contribution in [1.29, 1.82) is 0 Å². The zero-order valence-corrected chi connectivity index (χ0v) is 11.5. The summed E-state index contributed by atoms with van der Waals surface area (Å²) >= 11 is 6.34. The fourth-order valence-electron chi connectivity index (χ4n) is 1.89. The van der Waals surface area contributed by atoms with Crippen molar-refractivity contribution in [2.24, 2.45) is 0 Å². The van der Waals surface area contributed by atoms with Crippen LogP contribution in [0.3, 0.4) is 0 Å². The first-order chi connectivity index (χ1) is 8.10. The highest BCUT2D eigenvalue weighted by molar-refractivity contribution is 6.20. The molecule has 0 saturated carbocycles. The molecule has 0 spiro atoms. The van der Waals surface area contributed by atoms with Crippen molar-refractivity contribution in [3.63, 3.8) is 0 Å². The molecular weight excluding hydrogens is 236 g/mol. The molecule has 3 heteroatoms. The van der Waals surface area contributed by atoms with Crippen molar-refractivity contribution >= 4 is 11.6 Å². The molecule has 17 heavy (non-hydrogen) atoms. The Labute approximate surface area is 109 Å². The third-order valence-electron chi connectivity index (χ3n) is 2.82. The Morgan fingerprint density at radius 3 is 2.59 bits per heavy atom. The summed E-state index contributed by atoms with van der Waals surface area (Å²) < 4.78 is 5.55. The molecule has 0 heterocycles. The molecule has 0 amide bonds. The van der Waals surface area contributed by atoms with Gasteiger partial charge in [0.15, 0.2) is 0 Å². The summed E-state index contributed by atoms with van der Waals surface area (Å²) in [6.45, 7) is 6.93. The Kier molecular flexibility index (Phi) is 5.79. The number of alkyl halides is 1. The molecule has 0 bridgehead atoms. The van der Waals surface area contributed by atoms with Gasteiger partial charge in [-0.15, -0.1) is 11.6 Å². The van der Waals surface area contributed by atoms with E-state index in [1.807, 2.05) is 26.8 Å². The summed E-state index contributed by atoms with van der Waals surface area (Å²) in [5.74, 6) is 0.930. The highest BCUT2D eigenvalue weighted by Crippen LogP contribution is 2.32. The lowest BCUT2D eigenvalue weighted by Crippen LogP contribution is -2.00. The van der Waals surface area contributed by atoms with Gasteiger partial charge in [0, 0.05) is 6.61 Å². The van der Waals surface area contributed by atoms with E-state index in [1.54, 1.807) is 0 Å². The minimum absolute atomic E-state index is 0.0310. The summed E-state index contributed by atoms with van der Waals surface area (Å²) in [5.41, 5.74) is 3.40. The number of benzene rings is 1. The van der Waals surface area contributed by atoms with Crippen LogP contribution in [0.1, 0.15) is 41.8 Å². The van der Waals surface area contributed by atoms with Crippen LogP contribution in [0.15, 0.2) is 12.1 Å². The minimum Gasteiger partial charge on any atom is -0.494 e. The van der Waals surface area contributed by atoms with Gasteiger partial charge in [0.2, 0.25) is 0 Å². The molecular formula is C14H21ClO2. The maximum atomic E-state index is 8.82. The second kappa shape index (κ2) is 6.87. The van der Waals surface area contributed by atoms with Crippen LogP contribution in [0.5, 0.6) is 5.75 Å². The molecule has 0 radical (unpaired) electrons. The van der Waals surface area contributed by atoms with Gasteiger partial charge in [-0.3, -0.25) is 0 Å². The van der Waals surface area contributed by atoms with Crippen molar-refractivity contribution in [3.05, 3.63) is 28.8 Å². The van der Waals surface area contributed by atoms with E-state index in [0.717, 1.165) is 35.3 Å². The van der Waals surface area contributed by atoms with E-state index in [2.05, 4.69) is 6.07 Å². The average Bonchev–Trinajstić information content (AvgIpc) is 2.30. The number of hydrogen-bond acceptors (Lipinski definition) is 2. The van der Waals surface area contributed by atoms with Crippen LogP contribution in [0.2, 0.25) is 0 Å². The molecule has 1 aromatic carbocycles. The van der Waals surface area contributed by atoms with E-state index in [0.29, 0.717) is 6.61 Å². The van der Waals surface area contributed by atoms with Gasteiger partial charge in [0.1, 0.15) is 5.75 Å². The second-order valence-corrected chi connectivity index (χ2v) is 4.77. The lowest BCUT2D eigenvalue weighted by atomic mass is 9.99. The summed E-state index contributed by atoms with van der Waals surface area (Å²) in [6, 6.07) is 4.14. The van der Waals surface area contributed by atoms with Crippen LogP contribution < -0.4 is 4.74 Å². The molecule has 1 rings (SSSR count). The Hall–Kier alpha value is -0.730. The van der Waals surface area contributed by atoms with Gasteiger partial charge >= 0.3 is 0 Å². The zero-order valence-electron chi connectivity index (χ0n) is 10.8. The number of aryl methyl sites for hydroxylation is 2. The predicted molar refractivity (Wildman–Crippen MR) is 72.0 cm³/mol. The second-order valence-electron chi connectivity index (χ2n) is 4.24. The SMILES string of the molecule is CCOc1cc(C)c(C(Cl)CCCO)cc1C. The topological polar surface area (TPSA) is 29.5 Å². The standard InChI is InChI=1S/C14H21ClO2/c1-4-17-14-9-10(2)12(8-11(14)3)13(15)6-5-7-16/h8-9,13,16H,4-7H2,1-3H3. The Bertz CT molecular complexity index is 363. The van der Waals surface area contributed by atoms with Gasteiger partial charge in [-0.05, 0) is 56.4 Å². The van der Waals surface area contributed by atoms with Crippen molar-refractivity contribution in [1.82, 2.24) is 0 Å². The molecule has 0 saturated heterocycles. The fraction of sp³-hybridized carbons (Fsp3) is 0.571. The molecule has 1 aromatic rings. The van der Waals surface area contributed by atoms with Crippen LogP contribution in [0, 0.1) is 13.8 Å². The van der Waals surface area contributed by atoms with Crippen LogP contribution in [0.4, 0.5) is 0 Å². The van der Waals surface area contributed by atoms with Crippen LogP contribution in [-0.4, -0.2) is 18.3 Å². The number of hydrogen-bond donors (Lipinski definition) is 1. The monoisotopic (exact) mass is 256 g/mol. The Morgan fingerprint density at radius 1 is 1.29 bits per heavy atom. The van der Waals surface area contributed by atoms with Crippen molar-refractivity contribution in [2.45, 2.75) is 39.0 Å². The zero-order chi connectivity index (χ0) is 12.8. The third kappa shape index (κ3) is 3.90. The first-order valence-electron chi connectivity index (χ1n) is 6.09. The fourth-order valence-corrected chi connectivity index (χ4v) is 2.28. The highest BCUT2D eigenvalue weighted by atomic mass is 35.5. The number of aliphatic hydroxyl groups is 1. The van der Waals surface area contributed by atoms with Gasteiger partial charge in [-0.2, -0.15) is 0 Å². The summed E-state index contributed by atoms with van der Waals surface area (Å²) in [6.07, 6.45) is 1.53. The molecule has 1 unspecified atom stereocenters. The summed E-state index contributed by atoms with van der Waals surface area (Å²) in [5, 5.41) is 8.79. The normalized spacial score (nSPS) is 12.5. The molecule has 0 aliphatic rings. The molecule has 0 aromatic heterocycles. The van der Waals surface area contributed by atoms with E-state index in [4.69, 9.17) is 21.4 Å². The largest absolute Gasteiger partial charge is 0.494 e. The first-order valence-corrected chi connectivity index (χ1v) is 6.52. The van der Waals surface area contributed by atoms with Gasteiger partial charge < -0.3 is 9.84 Å². The third-order valence-corrected chi connectivity index (χ3v) is 3.27. The number of rotatable bonds is 6. The highest BCUT2D eigenvalue weighted by Gasteiger charge is 2.13. The maximum Gasteiger partial charge on any atom is 0.122 e. The molecule has 96 valence electrons. The van der Waals surface area contributed by atoms with Crippen molar-refractivity contribution < 1.29 is 9.84 Å². The minimum atomic E-state index is -0.0310. The molecule has 2 nitrogen and oxygen atoms in total. The molecule has 0 aliphatic carbocycles. The molecule has 0 aliphatic heterocycles. The summed E-state index contributed by atoms with van der Waals surface area (Å²) in [4.78, 5) is 0. The van der Waals surface area contributed by atoms with Crippen LogP contribution in [0.25, 0.3) is 0 Å². The van der Waals surface area contributed by atoms with Gasteiger partial charge in [0.25, 0.3) is 0 Å². The predicted octanol–water partition coefficient (Wildman–Crippen LogP) is 3.75. The van der Waals surface area contributed by atoms with Gasteiger partial charge in [0.05, 0.1) is 12.0 Å². The Morgan fingerprint density at radius 2 is 2.00 bits per heavy atom. The van der Waals surface area contributed by atoms with E-state index < -0.39 is 0 Å². The Balaban J connectivity index is 2.90. The van der Waals surface area contributed by atoms with E-state index >= 15 is 0 Å². The summed E-state index contributed by atoms with van der Waals surface area (Å²) in [7, 11) is 0. The van der Waals surface area contributed by atoms with E-state index in [1.165, 1.54) is 0 Å². The smallest absolute Gasteiger partial charge is 0.122 e. The lowest BCUT2D eigenvalue weighted by Gasteiger charge is -2.16. The van der Waals surface area contributed by atoms with E-state index in [-0.39, 0.29) is 12.0 Å². The quantitative estimate of drug-likeness (QED) is 0.786. The lowest BCUT2D eigenvalue weighted by molar-refractivity contribution is 0.284. The van der Waals surface area contributed by atoms with Crippen molar-refractivity contribution in [2.75, 3.05) is 13.2 Å². The van der Waals surface area contributed by atoms with Crippen LogP contribution >= 0.6 is 11.6 Å². The van der Waals surface area contributed by atoms with Gasteiger partial charge in [-0.1, -0.05) is 6.07 Å². The number of ether oxygens (including phenoxy) is 1. The maximum absolute atomic E-state index is 8.82. The first kappa shape index (κ1) is 14.3. The molecule has 1 atom stereocenters. The molecule has 0 fully saturated rings. The number of aliphatic hydroxyl groups excluding tert-OH is 1.